The number of nitrogens with two attached hydrogens (primary N) is 1. The Hall–Kier alpha value is -3.16. The minimum atomic E-state index is -0.566. The van der Waals surface area contributed by atoms with Crippen LogP contribution in [0, 0.1) is 0 Å². The molecule has 8 heteroatoms. The normalized spacial score (nSPS) is 10.9. The van der Waals surface area contributed by atoms with Crippen molar-refractivity contribution in [3.63, 3.8) is 0 Å². The molecule has 0 saturated heterocycles. The highest BCUT2D eigenvalue weighted by Crippen LogP contribution is 2.29. The third kappa shape index (κ3) is 7.22. The van der Waals surface area contributed by atoms with Crippen LogP contribution in [0.3, 0.4) is 0 Å². The maximum Gasteiger partial charge on any atom is 0.412 e. The molecule has 0 spiro atoms. The first-order valence-corrected chi connectivity index (χ1v) is 9.50. The highest BCUT2D eigenvalue weighted by molar-refractivity contribution is 5.84. The summed E-state index contributed by atoms with van der Waals surface area (Å²) in [5, 5.41) is 20.1. The Morgan fingerprint density at radius 3 is 2.54 bits per heavy atom. The molecule has 1 aromatic heterocycles. The Morgan fingerprint density at radius 2 is 1.79 bits per heavy atom. The summed E-state index contributed by atoms with van der Waals surface area (Å²) in [5.41, 5.74) is 6.51. The van der Waals surface area contributed by atoms with E-state index in [1.54, 1.807) is 30.3 Å². The maximum absolute atomic E-state index is 11.8. The molecular weight excluding hydrogens is 358 g/mol. The molecule has 2 aromatic rings. The number of carbonyl (C=O) groups is 1. The van der Waals surface area contributed by atoms with E-state index in [1.165, 1.54) is 25.3 Å². The van der Waals surface area contributed by atoms with Crippen molar-refractivity contribution in [3.8, 4) is 5.75 Å². The van der Waals surface area contributed by atoms with Crippen LogP contribution < -0.4 is 11.1 Å². The summed E-state index contributed by atoms with van der Waals surface area (Å²) in [5.74, 6) is 0.393. The van der Waals surface area contributed by atoms with Gasteiger partial charge in [-0.3, -0.25) is 5.32 Å². The molecule has 0 atom stereocenters. The van der Waals surface area contributed by atoms with Crippen molar-refractivity contribution in [1.82, 2.24) is 4.98 Å². The van der Waals surface area contributed by atoms with E-state index < -0.39 is 6.09 Å². The number of nitrogen functional groups attached to an aromatic ring is 1. The highest BCUT2D eigenvalue weighted by atomic mass is 16.5. The van der Waals surface area contributed by atoms with E-state index in [-0.39, 0.29) is 17.4 Å². The number of phenols is 1. The fourth-order valence-electron chi connectivity index (χ4n) is 2.47. The van der Waals surface area contributed by atoms with Crippen molar-refractivity contribution in [2.24, 2.45) is 10.2 Å². The second-order valence-corrected chi connectivity index (χ2v) is 6.32. The standard InChI is InChI=1S/C20H27N5O3/c1-2-3-4-5-6-9-14-28-20(27)23-18-13-12-16(19(21)22-18)25-24-15-10-7-8-11-17(15)26/h7-8,10-13,26H,2-6,9,14H2,1H3,(H3,21,22,23,27)/b25-24+. The van der Waals surface area contributed by atoms with Gasteiger partial charge >= 0.3 is 6.09 Å². The second kappa shape index (κ2) is 11.5. The quantitative estimate of drug-likeness (QED) is 0.358. The predicted molar refractivity (Wildman–Crippen MR) is 109 cm³/mol. The number of nitrogens with one attached hydrogen (secondary N) is 1. The molecule has 0 fully saturated rings. The predicted octanol–water partition coefficient (Wildman–Crippen LogP) is 5.69. The molecule has 1 aromatic carbocycles. The monoisotopic (exact) mass is 385 g/mol. The van der Waals surface area contributed by atoms with Crippen LogP contribution in [0.2, 0.25) is 0 Å². The molecule has 8 nitrogen and oxygen atoms in total. The van der Waals surface area contributed by atoms with Gasteiger partial charge in [-0.15, -0.1) is 10.2 Å². The summed E-state index contributed by atoms with van der Waals surface area (Å²) in [6.07, 6.45) is 6.17. The van der Waals surface area contributed by atoms with Gasteiger partial charge in [0.1, 0.15) is 22.9 Å². The lowest BCUT2D eigenvalue weighted by atomic mass is 10.1. The van der Waals surface area contributed by atoms with E-state index in [1.807, 2.05) is 0 Å². The van der Waals surface area contributed by atoms with Gasteiger partial charge in [-0.2, -0.15) is 0 Å². The number of amides is 1. The Morgan fingerprint density at radius 1 is 1.07 bits per heavy atom. The minimum absolute atomic E-state index is 0.0178. The van der Waals surface area contributed by atoms with Gasteiger partial charge in [-0.05, 0) is 30.7 Å². The van der Waals surface area contributed by atoms with Crippen LogP contribution >= 0.6 is 0 Å². The number of para-hydroxylation sites is 1. The third-order valence-electron chi connectivity index (χ3n) is 4.01. The number of rotatable bonds is 10. The summed E-state index contributed by atoms with van der Waals surface area (Å²) in [6, 6.07) is 9.70. The van der Waals surface area contributed by atoms with Gasteiger partial charge in [-0.1, -0.05) is 51.2 Å². The number of unbranched alkanes of at least 4 members (excludes halogenated alkanes) is 5. The molecule has 0 radical (unpaired) electrons. The van der Waals surface area contributed by atoms with Crippen molar-refractivity contribution in [2.45, 2.75) is 45.4 Å². The van der Waals surface area contributed by atoms with Gasteiger partial charge in [-0.25, -0.2) is 9.78 Å². The van der Waals surface area contributed by atoms with Gasteiger partial charge in [0.15, 0.2) is 5.82 Å². The average molecular weight is 385 g/mol. The number of nitrogens with zero attached hydrogens (tertiary/aromatic N) is 3. The zero-order chi connectivity index (χ0) is 20.2. The minimum Gasteiger partial charge on any atom is -0.506 e. The molecule has 1 heterocycles. The fourth-order valence-corrected chi connectivity index (χ4v) is 2.47. The van der Waals surface area contributed by atoms with Gasteiger partial charge in [0.05, 0.1) is 6.61 Å². The number of carbonyl (C=O) groups excluding carboxylic acids is 1. The topological polar surface area (TPSA) is 122 Å². The molecule has 0 aliphatic heterocycles. The number of azo groups is 1. The van der Waals surface area contributed by atoms with Crippen molar-refractivity contribution in [3.05, 3.63) is 36.4 Å². The maximum atomic E-state index is 11.8. The Labute approximate surface area is 164 Å². The number of benzene rings is 1. The van der Waals surface area contributed by atoms with Crippen LogP contribution in [0.15, 0.2) is 46.6 Å². The fraction of sp³-hybridized carbons (Fsp3) is 0.400. The number of aromatic hydroxyl groups is 1. The van der Waals surface area contributed by atoms with Gasteiger partial charge in [0.25, 0.3) is 0 Å². The Kier molecular flexibility index (Phi) is 8.71. The molecule has 0 aliphatic carbocycles. The molecule has 4 N–H and O–H groups in total. The smallest absolute Gasteiger partial charge is 0.412 e. The van der Waals surface area contributed by atoms with Crippen molar-refractivity contribution >= 4 is 29.1 Å². The summed E-state index contributed by atoms with van der Waals surface area (Å²) < 4.78 is 5.14. The van der Waals surface area contributed by atoms with E-state index in [0.717, 1.165) is 19.3 Å². The number of aromatic nitrogens is 1. The van der Waals surface area contributed by atoms with E-state index in [2.05, 4.69) is 27.5 Å². The Balaban J connectivity index is 1.80. The van der Waals surface area contributed by atoms with Crippen molar-refractivity contribution < 1.29 is 14.6 Å². The number of anilines is 2. The van der Waals surface area contributed by atoms with Crippen LogP contribution in [0.25, 0.3) is 0 Å². The second-order valence-electron chi connectivity index (χ2n) is 6.32. The number of phenolic OH excluding ortho intramolecular Hbond substituents is 1. The van der Waals surface area contributed by atoms with E-state index >= 15 is 0 Å². The summed E-state index contributed by atoms with van der Waals surface area (Å²) in [6.45, 7) is 2.55. The van der Waals surface area contributed by atoms with Gasteiger partial charge in [0, 0.05) is 0 Å². The van der Waals surface area contributed by atoms with Gasteiger partial charge in [0.2, 0.25) is 0 Å². The van der Waals surface area contributed by atoms with Crippen molar-refractivity contribution in [2.75, 3.05) is 17.7 Å². The highest BCUT2D eigenvalue weighted by Gasteiger charge is 2.07. The molecule has 0 aliphatic rings. The molecular formula is C20H27N5O3. The van der Waals surface area contributed by atoms with E-state index in [4.69, 9.17) is 10.5 Å². The zero-order valence-corrected chi connectivity index (χ0v) is 16.1. The summed E-state index contributed by atoms with van der Waals surface area (Å²) in [4.78, 5) is 15.9. The lowest BCUT2D eigenvalue weighted by molar-refractivity contribution is 0.159. The number of hydrogen-bond acceptors (Lipinski definition) is 7. The van der Waals surface area contributed by atoms with Gasteiger partial charge < -0.3 is 15.6 Å². The van der Waals surface area contributed by atoms with E-state index in [0.29, 0.717) is 18.0 Å². The molecule has 150 valence electrons. The Bertz CT molecular complexity index is 795. The first-order chi connectivity index (χ1) is 13.6. The number of ether oxygens (including phenoxy) is 1. The zero-order valence-electron chi connectivity index (χ0n) is 16.1. The third-order valence-corrected chi connectivity index (χ3v) is 4.01. The summed E-state index contributed by atoms with van der Waals surface area (Å²) in [7, 11) is 0. The lowest BCUT2D eigenvalue weighted by Crippen LogP contribution is -2.15. The van der Waals surface area contributed by atoms with Crippen LogP contribution in [0.1, 0.15) is 45.4 Å². The molecule has 0 bridgehead atoms. The van der Waals surface area contributed by atoms with E-state index in [9.17, 15) is 9.90 Å². The van der Waals surface area contributed by atoms with Crippen LogP contribution in [-0.2, 0) is 4.74 Å². The lowest BCUT2D eigenvalue weighted by Gasteiger charge is -2.07. The van der Waals surface area contributed by atoms with Crippen LogP contribution in [0.4, 0.5) is 27.8 Å². The molecule has 28 heavy (non-hydrogen) atoms. The summed E-state index contributed by atoms with van der Waals surface area (Å²) >= 11 is 0. The molecule has 1 amide bonds. The first-order valence-electron chi connectivity index (χ1n) is 9.50. The number of hydrogen-bond donors (Lipinski definition) is 3. The SMILES string of the molecule is CCCCCCCCOC(=O)Nc1ccc(/N=N/c2ccccc2O)c(N)n1. The molecule has 0 unspecified atom stereocenters. The molecule has 0 saturated carbocycles. The van der Waals surface area contributed by atoms with Crippen molar-refractivity contribution in [1.29, 1.82) is 0 Å². The van der Waals surface area contributed by atoms with Crippen LogP contribution in [-0.4, -0.2) is 22.8 Å². The average Bonchev–Trinajstić information content (AvgIpc) is 2.68. The van der Waals surface area contributed by atoms with Crippen LogP contribution in [0.5, 0.6) is 5.75 Å². The number of pyridine rings is 1. The largest absolute Gasteiger partial charge is 0.506 e. The molecule has 2 rings (SSSR count). The first kappa shape index (κ1) is 21.1.